The molecule has 8 heavy (non-hydrogen) atoms. The average molecular weight is 115 g/mol. The van der Waals surface area contributed by atoms with E-state index in [1.165, 1.54) is 0 Å². The van der Waals surface area contributed by atoms with Crippen LogP contribution in [-0.4, -0.2) is 11.7 Å². The molecule has 0 atom stereocenters. The molecule has 0 bridgehead atoms. The zero-order chi connectivity index (χ0) is 6.57. The van der Waals surface area contributed by atoms with E-state index in [2.05, 4.69) is 5.73 Å². The molecular weight excluding hydrogens is 106 g/mol. The van der Waals surface area contributed by atoms with Crippen molar-refractivity contribution in [1.29, 1.82) is 0 Å². The number of primary amides is 1. The summed E-state index contributed by atoms with van der Waals surface area (Å²) in [5, 5.41) is 0. The van der Waals surface area contributed by atoms with Gasteiger partial charge < -0.3 is 5.73 Å². The Hall–Kier alpha value is -0.860. The van der Waals surface area contributed by atoms with Gasteiger partial charge in [-0.3, -0.25) is 9.59 Å². The molecule has 46 valence electrons. The summed E-state index contributed by atoms with van der Waals surface area (Å²) in [5.41, 5.74) is 4.63. The zero-order valence-electron chi connectivity index (χ0n) is 4.81. The van der Waals surface area contributed by atoms with Gasteiger partial charge in [0.05, 0.1) is 0 Å². The van der Waals surface area contributed by atoms with Crippen LogP contribution in [0.2, 0.25) is 0 Å². The van der Waals surface area contributed by atoms with Crippen LogP contribution in [0.5, 0.6) is 0 Å². The fraction of sp³-hybridized carbons (Fsp3) is 0.600. The number of hydrogen-bond acceptors (Lipinski definition) is 2. The van der Waals surface area contributed by atoms with Crippen LogP contribution >= 0.6 is 0 Å². The molecule has 0 aromatic heterocycles. The summed E-state index contributed by atoms with van der Waals surface area (Å²) >= 11 is 0. The van der Waals surface area contributed by atoms with Gasteiger partial charge >= 0.3 is 0 Å². The van der Waals surface area contributed by atoms with Gasteiger partial charge in [0.25, 0.3) is 5.91 Å². The Morgan fingerprint density at radius 2 is 2.00 bits per heavy atom. The Bertz CT molecular complexity index is 109. The Balaban J connectivity index is 3.49. The standard InChI is InChI=1S/C5H9NO2/c1-2-3-4(7)5(6)8/h2-3H2,1H3,(H2,6,8). The first-order valence-corrected chi connectivity index (χ1v) is 2.51. The topological polar surface area (TPSA) is 60.2 Å². The van der Waals surface area contributed by atoms with Gasteiger partial charge in [0.1, 0.15) is 0 Å². The number of ketones is 1. The van der Waals surface area contributed by atoms with E-state index in [1.54, 1.807) is 0 Å². The lowest BCUT2D eigenvalue weighted by molar-refractivity contribution is -0.136. The van der Waals surface area contributed by atoms with E-state index in [9.17, 15) is 9.59 Å². The average Bonchev–Trinajstić information content (AvgIpc) is 1.67. The summed E-state index contributed by atoms with van der Waals surface area (Å²) in [7, 11) is 0. The highest BCUT2D eigenvalue weighted by Crippen LogP contribution is 1.85. The monoisotopic (exact) mass is 115 g/mol. The van der Waals surface area contributed by atoms with Gasteiger partial charge in [-0.15, -0.1) is 0 Å². The molecule has 0 aliphatic heterocycles. The number of amides is 1. The molecule has 0 saturated carbocycles. The molecule has 0 heterocycles. The highest BCUT2D eigenvalue weighted by atomic mass is 16.2. The molecule has 0 aliphatic carbocycles. The van der Waals surface area contributed by atoms with E-state index in [0.29, 0.717) is 6.42 Å². The maximum absolute atomic E-state index is 10.3. The molecule has 0 unspecified atom stereocenters. The third-order valence-electron chi connectivity index (χ3n) is 0.752. The van der Waals surface area contributed by atoms with Crippen LogP contribution in [0.15, 0.2) is 0 Å². The molecule has 3 heteroatoms. The van der Waals surface area contributed by atoms with Crippen LogP contribution in [0, 0.1) is 0 Å². The largest absolute Gasteiger partial charge is 0.363 e. The SMILES string of the molecule is CCCC(=O)C(N)=O. The van der Waals surface area contributed by atoms with E-state index < -0.39 is 11.7 Å². The number of hydrogen-bond donors (Lipinski definition) is 1. The summed E-state index contributed by atoms with van der Waals surface area (Å²) in [5.74, 6) is -1.31. The van der Waals surface area contributed by atoms with Gasteiger partial charge in [0.15, 0.2) is 0 Å². The Morgan fingerprint density at radius 1 is 1.50 bits per heavy atom. The predicted octanol–water partition coefficient (Wildman–Crippen LogP) is -0.159. The second-order valence-electron chi connectivity index (χ2n) is 1.54. The fourth-order valence-electron chi connectivity index (χ4n) is 0.350. The van der Waals surface area contributed by atoms with E-state index >= 15 is 0 Å². The number of rotatable bonds is 3. The lowest BCUT2D eigenvalue weighted by atomic mass is 10.2. The predicted molar refractivity (Wildman–Crippen MR) is 29.1 cm³/mol. The lowest BCUT2D eigenvalue weighted by Crippen LogP contribution is -2.22. The van der Waals surface area contributed by atoms with Crippen LogP contribution in [-0.2, 0) is 9.59 Å². The first-order chi connectivity index (χ1) is 3.68. The highest BCUT2D eigenvalue weighted by Gasteiger charge is 2.04. The smallest absolute Gasteiger partial charge is 0.284 e. The Labute approximate surface area is 47.9 Å². The van der Waals surface area contributed by atoms with E-state index in [1.807, 2.05) is 6.92 Å². The van der Waals surface area contributed by atoms with Crippen molar-refractivity contribution >= 4 is 11.7 Å². The second-order valence-corrected chi connectivity index (χ2v) is 1.54. The van der Waals surface area contributed by atoms with Crippen molar-refractivity contribution in [3.63, 3.8) is 0 Å². The Kier molecular flexibility index (Phi) is 2.84. The van der Waals surface area contributed by atoms with E-state index in [4.69, 9.17) is 0 Å². The summed E-state index contributed by atoms with van der Waals surface area (Å²) < 4.78 is 0. The van der Waals surface area contributed by atoms with Gasteiger partial charge in [0.2, 0.25) is 5.78 Å². The first kappa shape index (κ1) is 7.14. The van der Waals surface area contributed by atoms with Crippen molar-refractivity contribution in [2.45, 2.75) is 19.8 Å². The van der Waals surface area contributed by atoms with Crippen LogP contribution in [0.1, 0.15) is 19.8 Å². The quantitative estimate of drug-likeness (QED) is 0.519. The minimum Gasteiger partial charge on any atom is -0.363 e. The molecule has 1 amide bonds. The summed E-state index contributed by atoms with van der Waals surface area (Å²) in [4.78, 5) is 20.2. The van der Waals surface area contributed by atoms with Gasteiger partial charge in [-0.2, -0.15) is 0 Å². The third-order valence-corrected chi connectivity index (χ3v) is 0.752. The van der Waals surface area contributed by atoms with Crippen molar-refractivity contribution in [3.8, 4) is 0 Å². The minimum absolute atomic E-state index is 0.273. The second kappa shape index (κ2) is 3.18. The summed E-state index contributed by atoms with van der Waals surface area (Å²) in [6.07, 6.45) is 0.955. The number of Topliss-reactive ketones (excluding diaryl/α,β-unsaturated/α-hetero) is 1. The van der Waals surface area contributed by atoms with Crippen molar-refractivity contribution in [2.24, 2.45) is 5.73 Å². The molecule has 0 aromatic rings. The maximum atomic E-state index is 10.3. The molecule has 2 N–H and O–H groups in total. The number of carbonyl (C=O) groups excluding carboxylic acids is 2. The van der Waals surface area contributed by atoms with Crippen molar-refractivity contribution in [3.05, 3.63) is 0 Å². The van der Waals surface area contributed by atoms with Gasteiger partial charge in [0, 0.05) is 6.42 Å². The zero-order valence-corrected chi connectivity index (χ0v) is 4.81. The Morgan fingerprint density at radius 3 is 2.12 bits per heavy atom. The van der Waals surface area contributed by atoms with E-state index in [-0.39, 0.29) is 6.42 Å². The van der Waals surface area contributed by atoms with Crippen molar-refractivity contribution in [1.82, 2.24) is 0 Å². The molecule has 3 nitrogen and oxygen atoms in total. The normalized spacial score (nSPS) is 8.62. The molecule has 0 rings (SSSR count). The molecule has 0 aliphatic rings. The lowest BCUT2D eigenvalue weighted by Gasteiger charge is -1.87. The molecule has 0 fully saturated rings. The number of nitrogens with two attached hydrogens (primary N) is 1. The third kappa shape index (κ3) is 2.34. The molecule has 0 saturated heterocycles. The summed E-state index contributed by atoms with van der Waals surface area (Å²) in [6.45, 7) is 1.82. The van der Waals surface area contributed by atoms with Crippen LogP contribution in [0.3, 0.4) is 0 Å². The summed E-state index contributed by atoms with van der Waals surface area (Å²) in [6, 6.07) is 0. The minimum atomic E-state index is -0.827. The van der Waals surface area contributed by atoms with E-state index in [0.717, 1.165) is 0 Å². The van der Waals surface area contributed by atoms with Crippen molar-refractivity contribution < 1.29 is 9.59 Å². The van der Waals surface area contributed by atoms with Crippen LogP contribution in [0.25, 0.3) is 0 Å². The van der Waals surface area contributed by atoms with Crippen molar-refractivity contribution in [2.75, 3.05) is 0 Å². The van der Waals surface area contributed by atoms with Gasteiger partial charge in [-0.25, -0.2) is 0 Å². The van der Waals surface area contributed by atoms with Crippen LogP contribution in [0.4, 0.5) is 0 Å². The first-order valence-electron chi connectivity index (χ1n) is 2.51. The van der Waals surface area contributed by atoms with Gasteiger partial charge in [-0.1, -0.05) is 6.92 Å². The maximum Gasteiger partial charge on any atom is 0.284 e. The van der Waals surface area contributed by atoms with Gasteiger partial charge in [-0.05, 0) is 6.42 Å². The highest BCUT2D eigenvalue weighted by molar-refractivity contribution is 6.35. The molecule has 0 radical (unpaired) electrons. The van der Waals surface area contributed by atoms with Crippen LogP contribution < -0.4 is 5.73 Å². The molecule has 0 spiro atoms. The fourth-order valence-corrected chi connectivity index (χ4v) is 0.350. The molecule has 0 aromatic carbocycles. The number of carbonyl (C=O) groups is 2. The molecular formula is C5H9NO2.